The molecular weight excluding hydrogens is 280 g/mol. The van der Waals surface area contributed by atoms with E-state index in [9.17, 15) is 4.79 Å². The molecule has 1 aliphatic rings. The van der Waals surface area contributed by atoms with Gasteiger partial charge in [-0.05, 0) is 12.1 Å². The highest BCUT2D eigenvalue weighted by atomic mass is 35.5. The lowest BCUT2D eigenvalue weighted by molar-refractivity contribution is -0.115. The van der Waals surface area contributed by atoms with Crippen molar-refractivity contribution in [2.24, 2.45) is 0 Å². The molecule has 5 nitrogen and oxygen atoms in total. The zero-order valence-corrected chi connectivity index (χ0v) is 12.2. The molecule has 110 valence electrons. The van der Waals surface area contributed by atoms with E-state index in [1.54, 1.807) is 19.2 Å². The largest absolute Gasteiger partial charge is 0.378 e. The molecule has 0 aromatic heterocycles. The second-order valence-electron chi connectivity index (χ2n) is 4.82. The van der Waals surface area contributed by atoms with E-state index in [4.69, 9.17) is 21.1 Å². The summed E-state index contributed by atoms with van der Waals surface area (Å²) in [4.78, 5) is 11.8. The number of hydrogen-bond donors (Lipinski definition) is 2. The number of rotatable bonds is 6. The molecule has 0 radical (unpaired) electrons. The summed E-state index contributed by atoms with van der Waals surface area (Å²) in [5.41, 5.74) is 0.302. The zero-order valence-electron chi connectivity index (χ0n) is 11.4. The number of carbonyl (C=O) groups excluding carboxylic acids is 1. The molecule has 20 heavy (non-hydrogen) atoms. The molecule has 1 saturated heterocycles. The number of ether oxygens (including phenoxy) is 2. The van der Waals surface area contributed by atoms with Crippen LogP contribution in [0.2, 0.25) is 5.02 Å². The van der Waals surface area contributed by atoms with Gasteiger partial charge in [0.25, 0.3) is 0 Å². The van der Waals surface area contributed by atoms with Crippen molar-refractivity contribution in [2.75, 3.05) is 38.7 Å². The number of benzene rings is 1. The average molecular weight is 299 g/mol. The van der Waals surface area contributed by atoms with Crippen molar-refractivity contribution >= 4 is 23.2 Å². The van der Waals surface area contributed by atoms with Crippen molar-refractivity contribution in [2.45, 2.75) is 12.0 Å². The van der Waals surface area contributed by atoms with Crippen molar-refractivity contribution < 1.29 is 14.3 Å². The number of methoxy groups -OCH3 is 1. The van der Waals surface area contributed by atoms with Gasteiger partial charge in [0.2, 0.25) is 5.91 Å². The topological polar surface area (TPSA) is 59.6 Å². The zero-order chi connectivity index (χ0) is 14.4. The SMILES string of the molecule is COC1(CNCC(=O)Nc2ccccc2Cl)CCOC1. The summed E-state index contributed by atoms with van der Waals surface area (Å²) >= 11 is 5.98. The van der Waals surface area contributed by atoms with Crippen LogP contribution in [-0.4, -0.2) is 44.9 Å². The van der Waals surface area contributed by atoms with Crippen LogP contribution in [-0.2, 0) is 14.3 Å². The molecular formula is C14H19ClN2O3. The molecule has 2 N–H and O–H groups in total. The molecule has 1 amide bonds. The van der Waals surface area contributed by atoms with Gasteiger partial charge < -0.3 is 20.1 Å². The van der Waals surface area contributed by atoms with Gasteiger partial charge in [-0.3, -0.25) is 4.79 Å². The van der Waals surface area contributed by atoms with Crippen LogP contribution >= 0.6 is 11.6 Å². The Labute approximate surface area is 123 Å². The van der Waals surface area contributed by atoms with Gasteiger partial charge in [-0.15, -0.1) is 0 Å². The fraction of sp³-hybridized carbons (Fsp3) is 0.500. The van der Waals surface area contributed by atoms with Crippen LogP contribution < -0.4 is 10.6 Å². The number of halogens is 1. The highest BCUT2D eigenvalue weighted by molar-refractivity contribution is 6.33. The van der Waals surface area contributed by atoms with Crippen LogP contribution in [0.1, 0.15) is 6.42 Å². The normalized spacial score (nSPS) is 21.9. The Balaban J connectivity index is 1.77. The van der Waals surface area contributed by atoms with E-state index in [2.05, 4.69) is 10.6 Å². The molecule has 0 saturated carbocycles. The van der Waals surface area contributed by atoms with Crippen molar-refractivity contribution in [1.82, 2.24) is 5.32 Å². The molecule has 1 fully saturated rings. The first-order chi connectivity index (χ1) is 9.65. The van der Waals surface area contributed by atoms with Crippen LogP contribution in [0.15, 0.2) is 24.3 Å². The smallest absolute Gasteiger partial charge is 0.238 e. The lowest BCUT2D eigenvalue weighted by atomic mass is 10.0. The highest BCUT2D eigenvalue weighted by Crippen LogP contribution is 2.22. The molecule has 1 aromatic rings. The Kier molecular flexibility index (Phi) is 5.37. The minimum Gasteiger partial charge on any atom is -0.378 e. The molecule has 1 unspecified atom stereocenters. The molecule has 6 heteroatoms. The summed E-state index contributed by atoms with van der Waals surface area (Å²) in [5, 5.41) is 6.39. The maximum Gasteiger partial charge on any atom is 0.238 e. The lowest BCUT2D eigenvalue weighted by Gasteiger charge is -2.25. The van der Waals surface area contributed by atoms with Crippen molar-refractivity contribution in [3.8, 4) is 0 Å². The number of amides is 1. The van der Waals surface area contributed by atoms with Crippen LogP contribution in [0.5, 0.6) is 0 Å². The molecule has 1 aromatic carbocycles. The Morgan fingerprint density at radius 3 is 2.95 bits per heavy atom. The highest BCUT2D eigenvalue weighted by Gasteiger charge is 2.34. The van der Waals surface area contributed by atoms with Gasteiger partial charge in [0.05, 0.1) is 23.9 Å². The number of anilines is 1. The van der Waals surface area contributed by atoms with Gasteiger partial charge in [-0.1, -0.05) is 23.7 Å². The Hall–Kier alpha value is -1.14. The van der Waals surface area contributed by atoms with Crippen molar-refractivity contribution in [3.63, 3.8) is 0 Å². The molecule has 0 aliphatic carbocycles. The van der Waals surface area contributed by atoms with E-state index >= 15 is 0 Å². The Bertz CT molecular complexity index is 461. The summed E-state index contributed by atoms with van der Waals surface area (Å²) < 4.78 is 10.8. The Morgan fingerprint density at radius 1 is 1.50 bits per heavy atom. The summed E-state index contributed by atoms with van der Waals surface area (Å²) in [6.45, 7) is 2.04. The maximum atomic E-state index is 11.8. The molecule has 0 bridgehead atoms. The third-order valence-electron chi connectivity index (χ3n) is 3.38. The van der Waals surface area contributed by atoms with E-state index in [-0.39, 0.29) is 18.1 Å². The average Bonchev–Trinajstić information content (AvgIpc) is 2.91. The summed E-state index contributed by atoms with van der Waals surface area (Å²) in [7, 11) is 1.67. The number of carbonyl (C=O) groups is 1. The standard InChI is InChI=1S/C14H19ClN2O3/c1-19-14(6-7-20-10-14)9-16-8-13(18)17-12-5-3-2-4-11(12)15/h2-5,16H,6-10H2,1H3,(H,17,18). The van der Waals surface area contributed by atoms with Crippen LogP contribution in [0, 0.1) is 0 Å². The number of hydrogen-bond acceptors (Lipinski definition) is 4. The fourth-order valence-corrected chi connectivity index (χ4v) is 2.30. The Morgan fingerprint density at radius 2 is 2.30 bits per heavy atom. The minimum atomic E-state index is -0.315. The van der Waals surface area contributed by atoms with E-state index in [0.717, 1.165) is 6.42 Å². The first kappa shape index (κ1) is 15.3. The summed E-state index contributed by atoms with van der Waals surface area (Å²) in [6.07, 6.45) is 0.836. The van der Waals surface area contributed by atoms with E-state index < -0.39 is 0 Å². The van der Waals surface area contributed by atoms with Crippen LogP contribution in [0.25, 0.3) is 0 Å². The van der Waals surface area contributed by atoms with Gasteiger partial charge in [-0.25, -0.2) is 0 Å². The van der Waals surface area contributed by atoms with E-state index in [1.165, 1.54) is 0 Å². The summed E-state index contributed by atoms with van der Waals surface area (Å²) in [5.74, 6) is -0.136. The fourth-order valence-electron chi connectivity index (χ4n) is 2.12. The maximum absolute atomic E-state index is 11.8. The van der Waals surface area contributed by atoms with Gasteiger partial charge in [0.1, 0.15) is 5.60 Å². The molecule has 1 aliphatic heterocycles. The second-order valence-corrected chi connectivity index (χ2v) is 5.23. The monoisotopic (exact) mass is 298 g/mol. The lowest BCUT2D eigenvalue weighted by Crippen LogP contribution is -2.45. The van der Waals surface area contributed by atoms with Gasteiger partial charge in [-0.2, -0.15) is 0 Å². The van der Waals surface area contributed by atoms with Gasteiger partial charge in [0, 0.05) is 26.7 Å². The van der Waals surface area contributed by atoms with Crippen LogP contribution in [0.4, 0.5) is 5.69 Å². The first-order valence-corrected chi connectivity index (χ1v) is 6.91. The number of para-hydroxylation sites is 1. The molecule has 2 rings (SSSR count). The predicted octanol–water partition coefficient (Wildman–Crippen LogP) is 1.67. The van der Waals surface area contributed by atoms with Gasteiger partial charge in [0.15, 0.2) is 0 Å². The van der Waals surface area contributed by atoms with Crippen molar-refractivity contribution in [3.05, 3.63) is 29.3 Å². The van der Waals surface area contributed by atoms with E-state index in [0.29, 0.717) is 30.5 Å². The second kappa shape index (κ2) is 7.04. The quantitative estimate of drug-likeness (QED) is 0.839. The van der Waals surface area contributed by atoms with Crippen LogP contribution in [0.3, 0.4) is 0 Å². The summed E-state index contributed by atoms with van der Waals surface area (Å²) in [6, 6.07) is 7.14. The number of nitrogens with one attached hydrogen (secondary N) is 2. The molecule has 1 heterocycles. The first-order valence-electron chi connectivity index (χ1n) is 6.53. The minimum absolute atomic E-state index is 0.136. The van der Waals surface area contributed by atoms with E-state index in [1.807, 2.05) is 12.1 Å². The predicted molar refractivity (Wildman–Crippen MR) is 78.1 cm³/mol. The molecule has 1 atom stereocenters. The third kappa shape index (κ3) is 3.93. The molecule has 0 spiro atoms. The third-order valence-corrected chi connectivity index (χ3v) is 3.71. The van der Waals surface area contributed by atoms with Crippen molar-refractivity contribution in [1.29, 1.82) is 0 Å². The van der Waals surface area contributed by atoms with Gasteiger partial charge >= 0.3 is 0 Å².